The molecular weight excluding hydrogens is 809 g/mol. The molecule has 1 aliphatic rings. The minimum Gasteiger partial charge on any atom is -0.310 e. The maximum Gasteiger partial charge on any atom is 0.0714 e. The standard InChI is InChI=1S/C65H46N2/c1-7-23-47(24-8-1)58-39-22-40-60-64(58)59-43-42-56(46-61(59)65(60,50-28-11-3-12-29-50)51-30-13-4-14-31-51)67(62-44-41-48-25-19-20-38-57(48)63(62)49-26-9-2-10-27-49)55-37-21-36-54(45-55)66(52-32-15-5-16-33-52)53-34-17-6-18-35-53/h1-46H. The number of benzene rings is 11. The van der Waals surface area contributed by atoms with Crippen LogP contribution in [0.4, 0.5) is 34.1 Å². The molecule has 0 N–H and O–H groups in total. The molecule has 0 aliphatic heterocycles. The van der Waals surface area contributed by atoms with Crippen LogP contribution in [0, 0.1) is 0 Å². The second-order valence-electron chi connectivity index (χ2n) is 17.2. The molecule has 2 nitrogen and oxygen atoms in total. The first-order valence-electron chi connectivity index (χ1n) is 23.1. The van der Waals surface area contributed by atoms with Crippen molar-refractivity contribution in [3.63, 3.8) is 0 Å². The number of hydrogen-bond acceptors (Lipinski definition) is 2. The van der Waals surface area contributed by atoms with Crippen molar-refractivity contribution in [1.82, 2.24) is 0 Å². The van der Waals surface area contributed by atoms with E-state index < -0.39 is 5.41 Å². The van der Waals surface area contributed by atoms with Crippen LogP contribution in [0.1, 0.15) is 22.3 Å². The highest BCUT2D eigenvalue weighted by molar-refractivity contribution is 6.06. The molecule has 0 fully saturated rings. The van der Waals surface area contributed by atoms with E-state index in [0.29, 0.717) is 0 Å². The third kappa shape index (κ3) is 6.81. The summed E-state index contributed by atoms with van der Waals surface area (Å²) in [6.07, 6.45) is 0. The Morgan fingerprint density at radius 1 is 0.269 bits per heavy atom. The lowest BCUT2D eigenvalue weighted by atomic mass is 9.67. The summed E-state index contributed by atoms with van der Waals surface area (Å²) < 4.78 is 0. The van der Waals surface area contributed by atoms with Gasteiger partial charge in [-0.1, -0.05) is 218 Å². The van der Waals surface area contributed by atoms with Crippen LogP contribution in [0.3, 0.4) is 0 Å². The van der Waals surface area contributed by atoms with Crippen LogP contribution < -0.4 is 9.80 Å². The molecule has 0 bridgehead atoms. The van der Waals surface area contributed by atoms with Gasteiger partial charge in [0.1, 0.15) is 0 Å². The number of fused-ring (bicyclic) bond motifs is 4. The normalized spacial score (nSPS) is 12.3. The van der Waals surface area contributed by atoms with E-state index in [9.17, 15) is 0 Å². The quantitative estimate of drug-likeness (QED) is 0.135. The summed E-state index contributed by atoms with van der Waals surface area (Å²) in [7, 11) is 0. The van der Waals surface area contributed by atoms with E-state index in [1.165, 1.54) is 60.8 Å². The van der Waals surface area contributed by atoms with Crippen LogP contribution in [-0.2, 0) is 5.41 Å². The van der Waals surface area contributed by atoms with Crippen molar-refractivity contribution in [2.24, 2.45) is 0 Å². The molecule has 11 aromatic carbocycles. The van der Waals surface area contributed by atoms with Crippen molar-refractivity contribution < 1.29 is 0 Å². The fourth-order valence-corrected chi connectivity index (χ4v) is 10.7. The number of anilines is 6. The SMILES string of the molecule is c1ccc(-c2cccc3c2-c2ccc(N(c4cccc(N(c5ccccc5)c5ccccc5)c4)c4ccc5ccccc5c4-c4ccccc4)cc2C3(c2ccccc2)c2ccccc2)cc1. The van der Waals surface area contributed by atoms with Crippen LogP contribution in [0.2, 0.25) is 0 Å². The van der Waals surface area contributed by atoms with Crippen molar-refractivity contribution in [3.8, 4) is 33.4 Å². The summed E-state index contributed by atoms with van der Waals surface area (Å²) in [6.45, 7) is 0. The first-order valence-corrected chi connectivity index (χ1v) is 23.1. The van der Waals surface area contributed by atoms with E-state index in [1.54, 1.807) is 0 Å². The fraction of sp³-hybridized carbons (Fsp3) is 0.0154. The Bertz CT molecular complexity index is 3420. The summed E-state index contributed by atoms with van der Waals surface area (Å²) in [4.78, 5) is 4.84. The number of para-hydroxylation sites is 2. The van der Waals surface area contributed by atoms with E-state index >= 15 is 0 Å². The van der Waals surface area contributed by atoms with Crippen LogP contribution in [0.15, 0.2) is 279 Å². The number of nitrogens with zero attached hydrogens (tertiary/aromatic N) is 2. The van der Waals surface area contributed by atoms with Crippen LogP contribution in [0.5, 0.6) is 0 Å². The monoisotopic (exact) mass is 854 g/mol. The second kappa shape index (κ2) is 17.0. The number of rotatable bonds is 10. The number of hydrogen-bond donors (Lipinski definition) is 0. The molecule has 316 valence electrons. The molecule has 0 unspecified atom stereocenters. The molecule has 1 aliphatic carbocycles. The average molecular weight is 855 g/mol. The molecule has 0 saturated heterocycles. The van der Waals surface area contributed by atoms with Gasteiger partial charge in [-0.3, -0.25) is 0 Å². The maximum atomic E-state index is 2.49. The van der Waals surface area contributed by atoms with E-state index in [4.69, 9.17) is 0 Å². The Morgan fingerprint density at radius 2 is 0.761 bits per heavy atom. The average Bonchev–Trinajstić information content (AvgIpc) is 3.71. The Labute approximate surface area is 393 Å². The maximum absolute atomic E-state index is 2.49. The van der Waals surface area contributed by atoms with Crippen molar-refractivity contribution in [1.29, 1.82) is 0 Å². The molecule has 0 radical (unpaired) electrons. The van der Waals surface area contributed by atoms with E-state index in [2.05, 4.69) is 289 Å². The van der Waals surface area contributed by atoms with Gasteiger partial charge in [0.05, 0.1) is 11.1 Å². The predicted octanol–water partition coefficient (Wildman–Crippen LogP) is 17.5. The molecule has 11 aromatic rings. The van der Waals surface area contributed by atoms with Gasteiger partial charge in [0.15, 0.2) is 0 Å². The minimum atomic E-state index is -0.620. The molecule has 67 heavy (non-hydrogen) atoms. The summed E-state index contributed by atoms with van der Waals surface area (Å²) in [5, 5.41) is 2.40. The zero-order chi connectivity index (χ0) is 44.6. The van der Waals surface area contributed by atoms with E-state index in [0.717, 1.165) is 39.7 Å². The third-order valence-corrected chi connectivity index (χ3v) is 13.5. The Balaban J connectivity index is 1.17. The molecular formula is C65H46N2. The Kier molecular flexibility index (Phi) is 10.1. The predicted molar refractivity (Wildman–Crippen MR) is 281 cm³/mol. The second-order valence-corrected chi connectivity index (χ2v) is 17.2. The first kappa shape index (κ1) is 39.8. The molecule has 0 atom stereocenters. The Hall–Kier alpha value is -8.72. The van der Waals surface area contributed by atoms with Crippen LogP contribution >= 0.6 is 0 Å². The lowest BCUT2D eigenvalue weighted by molar-refractivity contribution is 0.768. The third-order valence-electron chi connectivity index (χ3n) is 13.5. The van der Waals surface area contributed by atoms with Crippen molar-refractivity contribution >= 4 is 44.9 Å². The highest BCUT2D eigenvalue weighted by Gasteiger charge is 2.47. The van der Waals surface area contributed by atoms with Gasteiger partial charge < -0.3 is 9.80 Å². The topological polar surface area (TPSA) is 6.48 Å². The molecule has 0 heterocycles. The zero-order valence-corrected chi connectivity index (χ0v) is 37.0. The highest BCUT2D eigenvalue weighted by atomic mass is 15.2. The summed E-state index contributed by atoms with van der Waals surface area (Å²) in [6, 6.07) is 102. The molecule has 0 spiro atoms. The van der Waals surface area contributed by atoms with Gasteiger partial charge >= 0.3 is 0 Å². The van der Waals surface area contributed by atoms with Crippen LogP contribution in [-0.4, -0.2) is 0 Å². The molecule has 0 saturated carbocycles. The highest BCUT2D eigenvalue weighted by Crippen LogP contribution is 2.59. The van der Waals surface area contributed by atoms with Crippen molar-refractivity contribution in [2.75, 3.05) is 9.80 Å². The van der Waals surface area contributed by atoms with Crippen LogP contribution in [0.25, 0.3) is 44.2 Å². The van der Waals surface area contributed by atoms with E-state index in [-0.39, 0.29) is 0 Å². The van der Waals surface area contributed by atoms with Crippen molar-refractivity contribution in [2.45, 2.75) is 5.41 Å². The van der Waals surface area contributed by atoms with Gasteiger partial charge in [0, 0.05) is 34.0 Å². The fourth-order valence-electron chi connectivity index (χ4n) is 10.7. The largest absolute Gasteiger partial charge is 0.310 e. The minimum absolute atomic E-state index is 0.620. The molecule has 12 rings (SSSR count). The van der Waals surface area contributed by atoms with Gasteiger partial charge in [-0.05, 0) is 122 Å². The van der Waals surface area contributed by atoms with Gasteiger partial charge in [0.2, 0.25) is 0 Å². The van der Waals surface area contributed by atoms with E-state index in [1.807, 2.05) is 0 Å². The molecule has 0 aromatic heterocycles. The lowest BCUT2D eigenvalue weighted by Crippen LogP contribution is -2.28. The lowest BCUT2D eigenvalue weighted by Gasteiger charge is -2.35. The van der Waals surface area contributed by atoms with Gasteiger partial charge in [-0.2, -0.15) is 0 Å². The zero-order valence-electron chi connectivity index (χ0n) is 37.0. The Morgan fingerprint density at radius 3 is 1.39 bits per heavy atom. The summed E-state index contributed by atoms with van der Waals surface area (Å²) in [5.41, 5.74) is 18.1. The first-order chi connectivity index (χ1) is 33.3. The van der Waals surface area contributed by atoms with Crippen molar-refractivity contribution in [3.05, 3.63) is 301 Å². The summed E-state index contributed by atoms with van der Waals surface area (Å²) >= 11 is 0. The van der Waals surface area contributed by atoms with Gasteiger partial charge in [0.25, 0.3) is 0 Å². The smallest absolute Gasteiger partial charge is 0.0714 e. The van der Waals surface area contributed by atoms with Gasteiger partial charge in [-0.25, -0.2) is 0 Å². The summed E-state index contributed by atoms with van der Waals surface area (Å²) in [5.74, 6) is 0. The van der Waals surface area contributed by atoms with Gasteiger partial charge in [-0.15, -0.1) is 0 Å². The molecule has 2 heteroatoms. The molecule has 0 amide bonds.